The van der Waals surface area contributed by atoms with E-state index in [1.807, 2.05) is 6.92 Å². The largest absolute Gasteiger partial charge is 0.454 e. The van der Waals surface area contributed by atoms with Crippen LogP contribution in [0.1, 0.15) is 51.5 Å². The first-order valence-corrected chi connectivity index (χ1v) is 15.4. The summed E-state index contributed by atoms with van der Waals surface area (Å²) >= 11 is 12.3. The molecule has 0 radical (unpaired) electrons. The highest BCUT2D eigenvalue weighted by atomic mass is 35.5. The average Bonchev–Trinajstić information content (AvgIpc) is 3.60. The minimum atomic E-state index is -3.87. The van der Waals surface area contributed by atoms with Crippen molar-refractivity contribution < 1.29 is 27.5 Å². The van der Waals surface area contributed by atoms with Crippen molar-refractivity contribution in [2.75, 3.05) is 23.4 Å². The van der Waals surface area contributed by atoms with Gasteiger partial charge in [0.05, 0.1) is 21.5 Å². The molecule has 1 atom stereocenters. The van der Waals surface area contributed by atoms with E-state index in [-0.39, 0.29) is 36.7 Å². The maximum atomic E-state index is 13.9. The van der Waals surface area contributed by atoms with Crippen molar-refractivity contribution in [1.82, 2.24) is 10.2 Å². The first kappa shape index (κ1) is 29.3. The summed E-state index contributed by atoms with van der Waals surface area (Å²) in [5, 5.41) is 3.77. The van der Waals surface area contributed by atoms with Crippen molar-refractivity contribution in [3.05, 3.63) is 52.0 Å². The fraction of sp³-hybridized carbons (Fsp3) is 0.481. The summed E-state index contributed by atoms with van der Waals surface area (Å²) in [5.74, 6) is -0.114. The van der Waals surface area contributed by atoms with Crippen LogP contribution in [0.25, 0.3) is 0 Å². The van der Waals surface area contributed by atoms with E-state index in [1.54, 1.807) is 30.3 Å². The predicted molar refractivity (Wildman–Crippen MR) is 151 cm³/mol. The lowest BCUT2D eigenvalue weighted by Crippen LogP contribution is -2.53. The van der Waals surface area contributed by atoms with Gasteiger partial charge in [0.2, 0.25) is 28.6 Å². The molecule has 12 heteroatoms. The maximum Gasteiger partial charge on any atom is 0.244 e. The molecule has 1 aliphatic heterocycles. The van der Waals surface area contributed by atoms with Gasteiger partial charge in [0.15, 0.2) is 11.5 Å². The van der Waals surface area contributed by atoms with E-state index in [4.69, 9.17) is 32.7 Å². The Morgan fingerprint density at radius 2 is 1.74 bits per heavy atom. The normalized spacial score (nSPS) is 15.7. The molecule has 1 fully saturated rings. The van der Waals surface area contributed by atoms with Crippen molar-refractivity contribution >= 4 is 50.7 Å². The molecule has 0 aromatic heterocycles. The van der Waals surface area contributed by atoms with Crippen LogP contribution in [0.3, 0.4) is 0 Å². The molecule has 1 N–H and O–H groups in total. The fourth-order valence-electron chi connectivity index (χ4n) is 4.88. The molecule has 1 heterocycles. The maximum absolute atomic E-state index is 13.9. The van der Waals surface area contributed by atoms with Gasteiger partial charge in [0, 0.05) is 18.7 Å². The summed E-state index contributed by atoms with van der Waals surface area (Å²) in [5.41, 5.74) is 0.935. The third-order valence-corrected chi connectivity index (χ3v) is 9.53. The highest BCUT2D eigenvalue weighted by Crippen LogP contribution is 2.36. The molecular formula is C27H33Cl2N3O6S. The van der Waals surface area contributed by atoms with E-state index < -0.39 is 28.5 Å². The lowest BCUT2D eigenvalue weighted by molar-refractivity contribution is -0.140. The SMILES string of the molecule is CC[C@@H](C(=O)NC1CCCC1)N(Cc1ccc(Cl)c(Cl)c1)C(=O)CN(c1ccc2c(c1)OCO2)S(=O)(=O)CC. The van der Waals surface area contributed by atoms with E-state index >= 15 is 0 Å². The Hall–Kier alpha value is -2.69. The highest BCUT2D eigenvalue weighted by molar-refractivity contribution is 7.92. The Balaban J connectivity index is 1.66. The smallest absolute Gasteiger partial charge is 0.244 e. The van der Waals surface area contributed by atoms with Crippen LogP contribution in [0.4, 0.5) is 5.69 Å². The standard InChI is InChI=1S/C27H33Cl2N3O6S/c1-3-23(27(34)30-19-7-5-6-8-19)31(15-18-9-11-21(28)22(29)13-18)26(33)16-32(39(35,36)4-2)20-10-12-24-25(14-20)38-17-37-24/h9-14,19,23H,3-8,15-17H2,1-2H3,(H,30,34)/t23-/m0/s1. The highest BCUT2D eigenvalue weighted by Gasteiger charge is 2.34. The number of hydrogen-bond acceptors (Lipinski definition) is 6. The second-order valence-corrected chi connectivity index (χ2v) is 12.6. The quantitative estimate of drug-likeness (QED) is 0.401. The molecule has 2 aromatic carbocycles. The number of carbonyl (C=O) groups excluding carboxylic acids is 2. The van der Waals surface area contributed by atoms with Crippen LogP contribution in [-0.4, -0.2) is 56.3 Å². The number of ether oxygens (including phenoxy) is 2. The number of sulfonamides is 1. The van der Waals surface area contributed by atoms with Gasteiger partial charge >= 0.3 is 0 Å². The van der Waals surface area contributed by atoms with Crippen molar-refractivity contribution in [2.24, 2.45) is 0 Å². The van der Waals surface area contributed by atoms with Gasteiger partial charge in [-0.15, -0.1) is 0 Å². The first-order chi connectivity index (χ1) is 18.6. The lowest BCUT2D eigenvalue weighted by atomic mass is 10.1. The minimum absolute atomic E-state index is 0.0317. The number of nitrogens with zero attached hydrogens (tertiary/aromatic N) is 2. The first-order valence-electron chi connectivity index (χ1n) is 13.1. The number of amides is 2. The molecule has 2 aliphatic rings. The number of nitrogens with one attached hydrogen (secondary N) is 1. The summed E-state index contributed by atoms with van der Waals surface area (Å²) in [4.78, 5) is 28.8. The Morgan fingerprint density at radius 3 is 2.41 bits per heavy atom. The molecule has 1 aliphatic carbocycles. The molecule has 1 saturated carbocycles. The Kier molecular flexibility index (Phi) is 9.51. The molecule has 2 amide bonds. The van der Waals surface area contributed by atoms with E-state index in [0.717, 1.165) is 30.0 Å². The van der Waals surface area contributed by atoms with Gasteiger partial charge in [-0.1, -0.05) is 49.0 Å². The van der Waals surface area contributed by atoms with Gasteiger partial charge < -0.3 is 19.7 Å². The predicted octanol–water partition coefficient (Wildman–Crippen LogP) is 4.74. The van der Waals surface area contributed by atoms with Gasteiger partial charge in [0.1, 0.15) is 12.6 Å². The van der Waals surface area contributed by atoms with Gasteiger partial charge in [-0.3, -0.25) is 13.9 Å². The van der Waals surface area contributed by atoms with Crippen LogP contribution < -0.4 is 19.1 Å². The number of fused-ring (bicyclic) bond motifs is 1. The van der Waals surface area contributed by atoms with E-state index in [1.165, 1.54) is 17.9 Å². The summed E-state index contributed by atoms with van der Waals surface area (Å²) in [7, 11) is -3.87. The third-order valence-electron chi connectivity index (χ3n) is 7.05. The van der Waals surface area contributed by atoms with Crippen LogP contribution in [0.2, 0.25) is 10.0 Å². The van der Waals surface area contributed by atoms with Crippen molar-refractivity contribution in [1.29, 1.82) is 0 Å². The lowest BCUT2D eigenvalue weighted by Gasteiger charge is -2.33. The zero-order chi connectivity index (χ0) is 28.2. The molecule has 0 spiro atoms. The van der Waals surface area contributed by atoms with Crippen LogP contribution in [0.5, 0.6) is 11.5 Å². The molecular weight excluding hydrogens is 565 g/mol. The van der Waals surface area contributed by atoms with E-state index in [0.29, 0.717) is 33.5 Å². The second kappa shape index (κ2) is 12.7. The van der Waals surface area contributed by atoms with Gasteiger partial charge in [-0.25, -0.2) is 8.42 Å². The molecule has 4 rings (SSSR count). The average molecular weight is 599 g/mol. The number of carbonyl (C=O) groups is 2. The molecule has 0 bridgehead atoms. The summed E-state index contributed by atoms with van der Waals surface area (Å²) < 4.78 is 38.2. The number of anilines is 1. The third kappa shape index (κ3) is 6.91. The summed E-state index contributed by atoms with van der Waals surface area (Å²) in [6.45, 7) is 2.92. The molecule has 212 valence electrons. The number of rotatable bonds is 11. The number of benzene rings is 2. The molecule has 0 saturated heterocycles. The van der Waals surface area contributed by atoms with Crippen molar-refractivity contribution in [2.45, 2.75) is 64.6 Å². The van der Waals surface area contributed by atoms with Crippen LogP contribution in [0.15, 0.2) is 36.4 Å². The minimum Gasteiger partial charge on any atom is -0.454 e. The van der Waals surface area contributed by atoms with E-state index in [2.05, 4.69) is 5.32 Å². The van der Waals surface area contributed by atoms with Gasteiger partial charge in [0.25, 0.3) is 0 Å². The molecule has 9 nitrogen and oxygen atoms in total. The molecule has 2 aromatic rings. The summed E-state index contributed by atoms with van der Waals surface area (Å²) in [6.07, 6.45) is 4.24. The van der Waals surface area contributed by atoms with Crippen molar-refractivity contribution in [3.8, 4) is 11.5 Å². The monoisotopic (exact) mass is 597 g/mol. The summed E-state index contributed by atoms with van der Waals surface area (Å²) in [6, 6.07) is 8.98. The number of hydrogen-bond donors (Lipinski definition) is 1. The van der Waals surface area contributed by atoms with Crippen molar-refractivity contribution in [3.63, 3.8) is 0 Å². The van der Waals surface area contributed by atoms with Crippen LogP contribution >= 0.6 is 23.2 Å². The van der Waals surface area contributed by atoms with Gasteiger partial charge in [-0.2, -0.15) is 0 Å². The fourth-order valence-corrected chi connectivity index (χ4v) is 6.26. The second-order valence-electron chi connectivity index (χ2n) is 9.63. The topological polar surface area (TPSA) is 105 Å². The molecule has 39 heavy (non-hydrogen) atoms. The molecule has 0 unspecified atom stereocenters. The van der Waals surface area contributed by atoms with Crippen LogP contribution in [-0.2, 0) is 26.2 Å². The zero-order valence-corrected chi connectivity index (χ0v) is 24.3. The van der Waals surface area contributed by atoms with Crippen LogP contribution in [0, 0.1) is 0 Å². The zero-order valence-electron chi connectivity index (χ0n) is 22.0. The Labute approximate surface area is 239 Å². The Bertz CT molecular complexity index is 1320. The van der Waals surface area contributed by atoms with Gasteiger partial charge in [-0.05, 0) is 56.0 Å². The van der Waals surface area contributed by atoms with E-state index in [9.17, 15) is 18.0 Å². The Morgan fingerprint density at radius 1 is 1.03 bits per heavy atom. The number of halogens is 2.